The molecular weight excluding hydrogens is 238 g/mol. The Bertz CT molecular complexity index is 442. The first-order chi connectivity index (χ1) is 7.82. The Morgan fingerprint density at radius 2 is 2.18 bits per heavy atom. The third kappa shape index (κ3) is 3.26. The Labute approximate surface area is 106 Å². The molecule has 0 spiro atoms. The molecule has 0 aromatic carbocycles. The Balaban J connectivity index is 2.83. The lowest BCUT2D eigenvalue weighted by molar-refractivity contribution is 0.0713. The van der Waals surface area contributed by atoms with E-state index in [1.165, 1.54) is 0 Å². The predicted molar refractivity (Wildman–Crippen MR) is 68.9 cm³/mol. The number of hydrogen-bond donors (Lipinski definition) is 1. The fourth-order valence-electron chi connectivity index (χ4n) is 1.52. The zero-order valence-corrected chi connectivity index (χ0v) is 11.3. The van der Waals surface area contributed by atoms with E-state index in [1.54, 1.807) is 25.8 Å². The number of amides is 1. The number of aryl methyl sites for hydroxylation is 2. The molecule has 0 saturated heterocycles. The predicted octanol–water partition coefficient (Wildman–Crippen LogP) is 1.43. The topological polar surface area (TPSA) is 72.4 Å². The molecule has 1 aromatic rings. The number of oxazole rings is 1. The number of hydrogen-bond acceptors (Lipinski definition) is 4. The van der Waals surface area contributed by atoms with Crippen LogP contribution in [-0.4, -0.2) is 33.9 Å². The number of carbonyl (C=O) groups is 1. The van der Waals surface area contributed by atoms with Crippen molar-refractivity contribution in [2.24, 2.45) is 5.73 Å². The van der Waals surface area contributed by atoms with Gasteiger partial charge >= 0.3 is 0 Å². The molecule has 1 atom stereocenters. The highest BCUT2D eigenvalue weighted by Crippen LogP contribution is 2.14. The molecule has 0 aliphatic heterocycles. The van der Waals surface area contributed by atoms with Crippen LogP contribution in [0.1, 0.15) is 35.5 Å². The number of nitrogens with zero attached hydrogens (tertiary/aromatic N) is 2. The Morgan fingerprint density at radius 3 is 2.59 bits per heavy atom. The van der Waals surface area contributed by atoms with Crippen molar-refractivity contribution in [1.29, 1.82) is 0 Å². The van der Waals surface area contributed by atoms with E-state index in [1.807, 2.05) is 6.92 Å². The quantitative estimate of drug-likeness (QED) is 0.824. The fourth-order valence-corrected chi connectivity index (χ4v) is 1.76. The van der Waals surface area contributed by atoms with Gasteiger partial charge in [0.05, 0.1) is 10.7 Å². The van der Waals surface area contributed by atoms with Gasteiger partial charge in [-0.15, -0.1) is 0 Å². The average molecular weight is 255 g/mol. The minimum Gasteiger partial charge on any atom is -0.436 e. The van der Waals surface area contributed by atoms with Crippen LogP contribution in [0.4, 0.5) is 0 Å². The van der Waals surface area contributed by atoms with Gasteiger partial charge in [0, 0.05) is 26.4 Å². The van der Waals surface area contributed by atoms with Crippen LogP contribution in [0.5, 0.6) is 0 Å². The van der Waals surface area contributed by atoms with Crippen LogP contribution >= 0.6 is 12.2 Å². The molecule has 0 fully saturated rings. The van der Waals surface area contributed by atoms with Crippen molar-refractivity contribution in [3.63, 3.8) is 0 Å². The Kier molecular flexibility index (Phi) is 4.22. The zero-order chi connectivity index (χ0) is 13.2. The lowest BCUT2D eigenvalue weighted by Gasteiger charge is -2.23. The molecule has 0 radical (unpaired) electrons. The van der Waals surface area contributed by atoms with Gasteiger partial charge in [0.25, 0.3) is 5.91 Å². The lowest BCUT2D eigenvalue weighted by atomic mass is 10.2. The van der Waals surface area contributed by atoms with E-state index >= 15 is 0 Å². The molecule has 1 aromatic heterocycles. The summed E-state index contributed by atoms with van der Waals surface area (Å²) in [7, 11) is 1.70. The van der Waals surface area contributed by atoms with Gasteiger partial charge in [-0.3, -0.25) is 4.79 Å². The molecule has 1 heterocycles. The summed E-state index contributed by atoms with van der Waals surface area (Å²) in [5, 5.41) is 0. The minimum atomic E-state index is -0.202. The van der Waals surface area contributed by atoms with Crippen LogP contribution in [0, 0.1) is 13.8 Å². The Morgan fingerprint density at radius 1 is 1.59 bits per heavy atom. The van der Waals surface area contributed by atoms with Gasteiger partial charge in [-0.1, -0.05) is 12.2 Å². The molecule has 0 bridgehead atoms. The molecule has 17 heavy (non-hydrogen) atoms. The normalized spacial score (nSPS) is 12.2. The summed E-state index contributed by atoms with van der Waals surface area (Å²) in [4.78, 5) is 18.1. The molecule has 0 aliphatic carbocycles. The van der Waals surface area contributed by atoms with Crippen molar-refractivity contribution < 1.29 is 9.21 Å². The van der Waals surface area contributed by atoms with Crippen LogP contribution in [0.15, 0.2) is 4.42 Å². The summed E-state index contributed by atoms with van der Waals surface area (Å²) in [6.07, 6.45) is 0.490. The van der Waals surface area contributed by atoms with Crippen LogP contribution in [0.2, 0.25) is 0 Å². The van der Waals surface area contributed by atoms with Crippen molar-refractivity contribution in [3.05, 3.63) is 17.3 Å². The summed E-state index contributed by atoms with van der Waals surface area (Å²) in [6.45, 7) is 5.34. The number of carbonyl (C=O) groups excluding carboxylic acids is 1. The first-order valence-corrected chi connectivity index (χ1v) is 5.73. The number of nitrogens with two attached hydrogens (primary N) is 1. The molecule has 1 rings (SSSR count). The molecule has 1 unspecified atom stereocenters. The van der Waals surface area contributed by atoms with E-state index in [2.05, 4.69) is 4.98 Å². The molecule has 0 aliphatic rings. The van der Waals surface area contributed by atoms with Gasteiger partial charge in [0.1, 0.15) is 0 Å². The average Bonchev–Trinajstić information content (AvgIpc) is 2.54. The summed E-state index contributed by atoms with van der Waals surface area (Å²) in [5.74, 6) is 0.563. The van der Waals surface area contributed by atoms with Crippen molar-refractivity contribution in [3.8, 4) is 0 Å². The van der Waals surface area contributed by atoms with Crippen molar-refractivity contribution >= 4 is 23.1 Å². The van der Waals surface area contributed by atoms with Gasteiger partial charge < -0.3 is 15.1 Å². The maximum Gasteiger partial charge on any atom is 0.291 e. The Hall–Kier alpha value is -1.43. The number of thiocarbonyl (C=S) groups is 1. The second-order valence-corrected chi connectivity index (χ2v) is 4.61. The van der Waals surface area contributed by atoms with Gasteiger partial charge in [-0.2, -0.15) is 0 Å². The second kappa shape index (κ2) is 5.27. The second-order valence-electron chi connectivity index (χ2n) is 4.08. The van der Waals surface area contributed by atoms with Gasteiger partial charge in [0.15, 0.2) is 5.89 Å². The molecule has 6 heteroatoms. The molecule has 0 saturated carbocycles. The van der Waals surface area contributed by atoms with Crippen molar-refractivity contribution in [2.75, 3.05) is 7.05 Å². The molecule has 5 nitrogen and oxygen atoms in total. The maximum atomic E-state index is 12.1. The highest BCUT2D eigenvalue weighted by atomic mass is 32.1. The molecule has 1 amide bonds. The smallest absolute Gasteiger partial charge is 0.291 e. The van der Waals surface area contributed by atoms with Crippen LogP contribution in [-0.2, 0) is 0 Å². The van der Waals surface area contributed by atoms with Crippen LogP contribution < -0.4 is 5.73 Å². The molecule has 2 N–H and O–H groups in total. The zero-order valence-electron chi connectivity index (χ0n) is 10.5. The summed E-state index contributed by atoms with van der Waals surface area (Å²) in [6, 6.07) is -0.0650. The maximum absolute atomic E-state index is 12.1. The van der Waals surface area contributed by atoms with Crippen LogP contribution in [0.3, 0.4) is 0 Å². The summed E-state index contributed by atoms with van der Waals surface area (Å²) < 4.78 is 5.29. The van der Waals surface area contributed by atoms with E-state index in [4.69, 9.17) is 22.4 Å². The number of aromatic nitrogens is 1. The van der Waals surface area contributed by atoms with Gasteiger partial charge in [-0.25, -0.2) is 4.98 Å². The van der Waals surface area contributed by atoms with E-state index in [9.17, 15) is 4.79 Å². The van der Waals surface area contributed by atoms with E-state index in [0.717, 1.165) is 0 Å². The van der Waals surface area contributed by atoms with Crippen molar-refractivity contribution in [1.82, 2.24) is 9.88 Å². The highest BCUT2D eigenvalue weighted by Gasteiger charge is 2.23. The van der Waals surface area contributed by atoms with E-state index in [-0.39, 0.29) is 17.7 Å². The highest BCUT2D eigenvalue weighted by molar-refractivity contribution is 7.80. The van der Waals surface area contributed by atoms with E-state index < -0.39 is 0 Å². The largest absolute Gasteiger partial charge is 0.436 e. The number of rotatable bonds is 4. The third-order valence-electron chi connectivity index (χ3n) is 2.58. The standard InChI is InChI=1S/C11H17N3O2S/c1-6(5-9(12)17)14(4)11(15)10-7(2)13-8(3)16-10/h6H,5H2,1-4H3,(H2,12,17). The SMILES string of the molecule is Cc1nc(C)c(C(=O)N(C)C(C)CC(N)=S)o1. The minimum absolute atomic E-state index is 0.0650. The summed E-state index contributed by atoms with van der Waals surface area (Å²) >= 11 is 4.83. The molecule has 94 valence electrons. The first-order valence-electron chi connectivity index (χ1n) is 5.32. The fraction of sp³-hybridized carbons (Fsp3) is 0.545. The molecular formula is C11H17N3O2S. The van der Waals surface area contributed by atoms with E-state index in [0.29, 0.717) is 23.0 Å². The van der Waals surface area contributed by atoms with Crippen LogP contribution in [0.25, 0.3) is 0 Å². The van der Waals surface area contributed by atoms with Gasteiger partial charge in [-0.05, 0) is 13.8 Å². The lowest BCUT2D eigenvalue weighted by Crippen LogP contribution is -2.37. The summed E-state index contributed by atoms with van der Waals surface area (Å²) in [5.41, 5.74) is 6.06. The van der Waals surface area contributed by atoms with Gasteiger partial charge in [0.2, 0.25) is 5.76 Å². The monoisotopic (exact) mass is 255 g/mol. The first kappa shape index (κ1) is 13.6. The van der Waals surface area contributed by atoms with Crippen molar-refractivity contribution in [2.45, 2.75) is 33.2 Å². The third-order valence-corrected chi connectivity index (χ3v) is 2.74.